The number of amides is 2. The molecule has 3 aromatic carbocycles. The quantitative estimate of drug-likeness (QED) is 0.162. The normalized spacial score (nSPS) is 11.4. The van der Waals surface area contributed by atoms with Crippen molar-refractivity contribution < 1.29 is 62.1 Å². The number of carbonyl (C=O) groups is 3. The van der Waals surface area contributed by atoms with Gasteiger partial charge in [-0.05, 0) is 6.92 Å². The largest absolute Gasteiger partial charge is 0.496 e. The van der Waals surface area contributed by atoms with Crippen molar-refractivity contribution in [2.75, 3.05) is 76.7 Å². The summed E-state index contributed by atoms with van der Waals surface area (Å²) in [5, 5.41) is 15.3. The van der Waals surface area contributed by atoms with E-state index in [2.05, 4.69) is 10.6 Å². The van der Waals surface area contributed by atoms with Crippen LogP contribution >= 0.6 is 7.26 Å². The Morgan fingerprint density at radius 1 is 0.580 bits per heavy atom. The number of hydrogen-bond acceptors (Lipinski definition) is 12. The van der Waals surface area contributed by atoms with Gasteiger partial charge in [0, 0.05) is 36.4 Å². The monoisotopic (exact) mass is 719 g/mol. The van der Waals surface area contributed by atoms with Gasteiger partial charge in [-0.2, -0.15) is 0 Å². The molecule has 272 valence electrons. The van der Waals surface area contributed by atoms with Gasteiger partial charge in [-0.1, -0.05) is 0 Å². The number of carboxylic acid groups (broad SMARTS) is 1. The third-order valence-electron chi connectivity index (χ3n) is 7.78. The van der Waals surface area contributed by atoms with Gasteiger partial charge in [0.2, 0.25) is 5.91 Å². The second-order valence-electron chi connectivity index (χ2n) is 10.5. The van der Waals surface area contributed by atoms with Gasteiger partial charge in [-0.3, -0.25) is 14.4 Å². The predicted octanol–water partition coefficient (Wildman–Crippen LogP) is 1.76. The molecular weight excluding hydrogens is 675 g/mol. The van der Waals surface area contributed by atoms with Crippen LogP contribution in [0.25, 0.3) is 0 Å². The molecule has 0 aromatic heterocycles. The highest BCUT2D eigenvalue weighted by Gasteiger charge is 2.59. The first kappa shape index (κ1) is 39.1. The van der Waals surface area contributed by atoms with Gasteiger partial charge in [0.05, 0.1) is 64.0 Å². The van der Waals surface area contributed by atoms with Crippen molar-refractivity contribution in [3.8, 4) is 51.7 Å². The van der Waals surface area contributed by atoms with Crippen molar-refractivity contribution in [3.63, 3.8) is 0 Å². The zero-order valence-electron chi connectivity index (χ0n) is 29.7. The lowest BCUT2D eigenvalue weighted by Crippen LogP contribution is -2.49. The van der Waals surface area contributed by atoms with Crippen LogP contribution in [-0.4, -0.2) is 106 Å². The number of methoxy groups -OCH3 is 9. The van der Waals surface area contributed by atoms with Crippen LogP contribution in [0.4, 0.5) is 0 Å². The van der Waals surface area contributed by atoms with E-state index in [0.717, 1.165) is 0 Å². The Balaban J connectivity index is 2.67. The standard InChI is InChI=1S/C34H43N2O13P/c1-19(34(40)35-17-30(38)39)36-29(37)18-50(31-23(44-5)11-20(41-2)12-24(31)45-6,32-25(46-7)13-21(42-3)14-26(32)47-8)33-27(48-9)15-22(43-4)16-28(33)49-10/h11-16,19H,17-18H2,1-10H3,(H2-,35,36,37,38,39,40)/p+1/t19-/m0/s1. The number of carboxylic acids is 1. The third kappa shape index (κ3) is 7.94. The Hall–Kier alpha value is -5.30. The van der Waals surface area contributed by atoms with E-state index in [1.807, 2.05) is 0 Å². The molecule has 15 nitrogen and oxygen atoms in total. The molecule has 0 radical (unpaired) electrons. The summed E-state index contributed by atoms with van der Waals surface area (Å²) in [4.78, 5) is 38.4. The minimum absolute atomic E-state index is 0.273. The van der Waals surface area contributed by atoms with Crippen LogP contribution in [0, 0.1) is 0 Å². The van der Waals surface area contributed by atoms with E-state index in [4.69, 9.17) is 47.7 Å². The number of aliphatic carboxylic acids is 1. The lowest BCUT2D eigenvalue weighted by molar-refractivity contribution is -0.138. The van der Waals surface area contributed by atoms with Gasteiger partial charge in [-0.15, -0.1) is 0 Å². The number of nitrogens with one attached hydrogen (secondary N) is 2. The highest BCUT2D eigenvalue weighted by molar-refractivity contribution is 7.97. The molecule has 0 saturated carbocycles. The number of rotatable bonds is 18. The van der Waals surface area contributed by atoms with Crippen molar-refractivity contribution in [2.24, 2.45) is 0 Å². The van der Waals surface area contributed by atoms with Crippen molar-refractivity contribution in [1.82, 2.24) is 10.6 Å². The summed E-state index contributed by atoms with van der Waals surface area (Å²) < 4.78 is 52.9. The van der Waals surface area contributed by atoms with Crippen LogP contribution in [0.2, 0.25) is 0 Å². The highest BCUT2D eigenvalue weighted by atomic mass is 31.2. The fraction of sp³-hybridized carbons (Fsp3) is 0.382. The minimum atomic E-state index is -3.70. The van der Waals surface area contributed by atoms with Crippen molar-refractivity contribution in [3.05, 3.63) is 36.4 Å². The summed E-state index contributed by atoms with van der Waals surface area (Å²) in [5.74, 6) is 0.275. The Labute approximate surface area is 291 Å². The number of hydrogen-bond donors (Lipinski definition) is 3. The van der Waals surface area contributed by atoms with Gasteiger partial charge in [-0.25, -0.2) is 0 Å². The lowest BCUT2D eigenvalue weighted by Gasteiger charge is -2.33. The summed E-state index contributed by atoms with van der Waals surface area (Å²) in [6.45, 7) is 0.809. The first-order chi connectivity index (χ1) is 23.9. The Morgan fingerprint density at radius 3 is 1.12 bits per heavy atom. The van der Waals surface area contributed by atoms with E-state index in [0.29, 0.717) is 33.2 Å². The fourth-order valence-electron chi connectivity index (χ4n) is 5.55. The maximum atomic E-state index is 14.5. The molecule has 0 spiro atoms. The molecule has 0 aliphatic rings. The zero-order chi connectivity index (χ0) is 37.2. The maximum absolute atomic E-state index is 14.5. The minimum Gasteiger partial charge on any atom is -0.496 e. The molecule has 0 saturated heterocycles. The predicted molar refractivity (Wildman–Crippen MR) is 187 cm³/mol. The van der Waals surface area contributed by atoms with E-state index < -0.39 is 37.6 Å². The summed E-state index contributed by atoms with van der Waals surface area (Å²) in [7, 11) is 9.57. The Bertz CT molecular complexity index is 1470. The first-order valence-electron chi connectivity index (χ1n) is 15.0. The highest BCUT2D eigenvalue weighted by Crippen LogP contribution is 2.66. The Morgan fingerprint density at radius 2 is 0.880 bits per heavy atom. The molecule has 0 aliphatic carbocycles. The second kappa shape index (κ2) is 17.4. The summed E-state index contributed by atoms with van der Waals surface area (Å²) >= 11 is 0. The topological polar surface area (TPSA) is 179 Å². The molecule has 3 rings (SSSR count). The van der Waals surface area contributed by atoms with Crippen LogP contribution in [0.15, 0.2) is 36.4 Å². The molecule has 3 N–H and O–H groups in total. The number of ether oxygens (including phenoxy) is 9. The Kier molecular flexibility index (Phi) is 13.6. The fourth-order valence-corrected chi connectivity index (χ4v) is 10.4. The molecule has 0 heterocycles. The van der Waals surface area contributed by atoms with E-state index >= 15 is 0 Å². The third-order valence-corrected chi connectivity index (χ3v) is 12.2. The molecule has 0 unspecified atom stereocenters. The van der Waals surface area contributed by atoms with Crippen molar-refractivity contribution in [1.29, 1.82) is 0 Å². The van der Waals surface area contributed by atoms with Crippen LogP contribution in [0.1, 0.15) is 6.92 Å². The summed E-state index contributed by atoms with van der Waals surface area (Å²) in [6, 6.07) is 8.77. The molecule has 50 heavy (non-hydrogen) atoms. The average molecular weight is 720 g/mol. The van der Waals surface area contributed by atoms with Crippen molar-refractivity contribution >= 4 is 41.0 Å². The van der Waals surface area contributed by atoms with Crippen LogP contribution in [-0.2, 0) is 14.4 Å². The van der Waals surface area contributed by atoms with Crippen molar-refractivity contribution in [2.45, 2.75) is 13.0 Å². The number of carbonyl (C=O) groups excluding carboxylic acids is 2. The zero-order valence-corrected chi connectivity index (χ0v) is 30.6. The molecule has 2 amide bonds. The lowest BCUT2D eigenvalue weighted by atomic mass is 10.3. The van der Waals surface area contributed by atoms with Gasteiger partial charge >= 0.3 is 5.97 Å². The molecule has 1 atom stereocenters. The van der Waals surface area contributed by atoms with Crippen LogP contribution in [0.3, 0.4) is 0 Å². The van der Waals surface area contributed by atoms with Crippen LogP contribution < -0.4 is 69.2 Å². The van der Waals surface area contributed by atoms with E-state index in [1.54, 1.807) is 36.4 Å². The van der Waals surface area contributed by atoms with Crippen LogP contribution in [0.5, 0.6) is 51.7 Å². The maximum Gasteiger partial charge on any atom is 0.322 e. The molecule has 0 fully saturated rings. The number of benzene rings is 3. The summed E-state index contributed by atoms with van der Waals surface area (Å²) in [5.41, 5.74) is 0. The van der Waals surface area contributed by atoms with Gasteiger partial charge in [0.1, 0.15) is 37.1 Å². The smallest absolute Gasteiger partial charge is 0.322 e. The van der Waals surface area contributed by atoms with Gasteiger partial charge < -0.3 is 58.4 Å². The molecular formula is C34H44N2O13P+. The van der Waals surface area contributed by atoms with Gasteiger partial charge in [0.15, 0.2) is 56.6 Å². The van der Waals surface area contributed by atoms with E-state index in [-0.39, 0.29) is 40.7 Å². The van der Waals surface area contributed by atoms with Gasteiger partial charge in [0.25, 0.3) is 5.91 Å². The van der Waals surface area contributed by atoms with E-state index in [1.165, 1.54) is 70.9 Å². The molecule has 0 bridgehead atoms. The molecule has 3 aromatic rings. The second-order valence-corrected chi connectivity index (χ2v) is 13.8. The molecule has 16 heteroatoms. The molecule has 0 aliphatic heterocycles. The van der Waals surface area contributed by atoms with E-state index in [9.17, 15) is 14.4 Å². The average Bonchev–Trinajstić information content (AvgIpc) is 3.13. The summed E-state index contributed by atoms with van der Waals surface area (Å²) in [6.07, 6.45) is -0.374. The SMILES string of the molecule is COc1cc(OC)c([P+](CC(=O)N[C@@H](C)C(=O)NCC(=O)O)(c2c(OC)cc(OC)cc2OC)c2c(OC)cc(OC)cc2OC)c(OC)c1. The first-order valence-corrected chi connectivity index (χ1v) is 17.0.